The zero-order chi connectivity index (χ0) is 29.4. The van der Waals surface area contributed by atoms with Gasteiger partial charge in [0.15, 0.2) is 17.8 Å². The van der Waals surface area contributed by atoms with Crippen molar-refractivity contribution >= 4 is 11.9 Å². The van der Waals surface area contributed by atoms with Crippen molar-refractivity contribution in [2.75, 3.05) is 27.9 Å². The van der Waals surface area contributed by atoms with E-state index in [4.69, 9.17) is 33.2 Å². The number of carbonyl (C=O) groups is 2. The monoisotopic (exact) mass is 570 g/mol. The largest absolute Gasteiger partial charge is 0.493 e. The highest BCUT2D eigenvalue weighted by molar-refractivity contribution is 5.91. The number of methoxy groups -OCH3 is 3. The number of aliphatic hydroxyl groups is 5. The minimum Gasteiger partial charge on any atom is -0.493 e. The average molecular weight is 571 g/mol. The lowest BCUT2D eigenvalue weighted by Gasteiger charge is -2.44. The standard InChI is InChI=1S/C26H34O14/c1-26(33)8-15(38-22(31)11-5-6-13(34-2)14(7-11)35-3)17-12(23(32)36-4)10-37-24(18(17)26)40-25-21(30)20(29)19(28)16(9-27)39-25/h5-7,10,15-21,24-25,27-30,33H,8-9H2,1-4H3. The molecule has 10 unspecified atom stereocenters. The quantitative estimate of drug-likeness (QED) is 0.235. The molecule has 1 saturated carbocycles. The van der Waals surface area contributed by atoms with Gasteiger partial charge in [-0.3, -0.25) is 0 Å². The average Bonchev–Trinajstić information content (AvgIpc) is 3.22. The highest BCUT2D eigenvalue weighted by Crippen LogP contribution is 2.51. The number of hydrogen-bond donors (Lipinski definition) is 5. The van der Waals surface area contributed by atoms with Gasteiger partial charge in [0.2, 0.25) is 6.29 Å². The summed E-state index contributed by atoms with van der Waals surface area (Å²) in [6.07, 6.45) is -9.39. The summed E-state index contributed by atoms with van der Waals surface area (Å²) in [5.41, 5.74) is -1.53. The first kappa shape index (κ1) is 30.0. The van der Waals surface area contributed by atoms with E-state index in [1.54, 1.807) is 0 Å². The first-order valence-electron chi connectivity index (χ1n) is 12.5. The number of fused-ring (bicyclic) bond motifs is 1. The molecule has 1 aromatic carbocycles. The lowest BCUT2D eigenvalue weighted by atomic mass is 9.80. The van der Waals surface area contributed by atoms with Gasteiger partial charge in [-0.15, -0.1) is 0 Å². The van der Waals surface area contributed by atoms with Gasteiger partial charge in [0.1, 0.15) is 30.5 Å². The molecule has 0 amide bonds. The summed E-state index contributed by atoms with van der Waals surface area (Å²) in [6.45, 7) is 0.767. The van der Waals surface area contributed by atoms with Gasteiger partial charge in [-0.2, -0.15) is 0 Å². The molecule has 1 aliphatic carbocycles. The Kier molecular flexibility index (Phi) is 8.89. The Morgan fingerprint density at radius 2 is 1.70 bits per heavy atom. The molecule has 222 valence electrons. The van der Waals surface area contributed by atoms with Crippen molar-refractivity contribution in [3.63, 3.8) is 0 Å². The summed E-state index contributed by atoms with van der Waals surface area (Å²) in [5.74, 6) is -2.88. The zero-order valence-electron chi connectivity index (χ0n) is 22.3. The molecule has 14 heteroatoms. The molecule has 2 fully saturated rings. The van der Waals surface area contributed by atoms with E-state index in [1.807, 2.05) is 0 Å². The molecular formula is C26H34O14. The third kappa shape index (κ3) is 5.48. The van der Waals surface area contributed by atoms with Crippen LogP contribution in [0.2, 0.25) is 0 Å². The van der Waals surface area contributed by atoms with Crippen molar-refractivity contribution in [1.29, 1.82) is 0 Å². The Hall–Kier alpha value is -2.98. The van der Waals surface area contributed by atoms with E-state index < -0.39 is 79.1 Å². The molecule has 5 N–H and O–H groups in total. The Labute approximate surface area is 229 Å². The van der Waals surface area contributed by atoms with E-state index in [9.17, 15) is 35.1 Å². The van der Waals surface area contributed by atoms with Crippen molar-refractivity contribution < 1.29 is 68.3 Å². The molecule has 14 nitrogen and oxygen atoms in total. The summed E-state index contributed by atoms with van der Waals surface area (Å²) >= 11 is 0. The number of esters is 2. The van der Waals surface area contributed by atoms with Crippen LogP contribution < -0.4 is 9.47 Å². The van der Waals surface area contributed by atoms with E-state index in [1.165, 1.54) is 39.3 Å². The lowest BCUT2D eigenvalue weighted by molar-refractivity contribution is -0.346. The zero-order valence-corrected chi connectivity index (χ0v) is 22.3. The fraction of sp³-hybridized carbons (Fsp3) is 0.615. The van der Waals surface area contributed by atoms with Crippen molar-refractivity contribution in [2.24, 2.45) is 11.8 Å². The molecule has 3 aliphatic rings. The number of rotatable bonds is 8. The maximum Gasteiger partial charge on any atom is 0.338 e. The molecule has 4 rings (SSSR count). The predicted molar refractivity (Wildman–Crippen MR) is 131 cm³/mol. The number of hydrogen-bond acceptors (Lipinski definition) is 14. The van der Waals surface area contributed by atoms with Crippen molar-refractivity contribution in [3.8, 4) is 11.5 Å². The summed E-state index contributed by atoms with van der Waals surface area (Å²) in [5, 5.41) is 51.6. The van der Waals surface area contributed by atoms with Crippen LogP contribution in [-0.4, -0.2) is 114 Å². The Balaban J connectivity index is 1.62. The smallest absolute Gasteiger partial charge is 0.338 e. The third-order valence-electron chi connectivity index (χ3n) is 7.52. The summed E-state index contributed by atoms with van der Waals surface area (Å²) < 4.78 is 38.0. The number of carbonyl (C=O) groups excluding carboxylic acids is 2. The Morgan fingerprint density at radius 1 is 1.00 bits per heavy atom. The van der Waals surface area contributed by atoms with Crippen LogP contribution in [0.1, 0.15) is 23.7 Å². The maximum absolute atomic E-state index is 13.2. The summed E-state index contributed by atoms with van der Waals surface area (Å²) in [6, 6.07) is 4.43. The van der Waals surface area contributed by atoms with Crippen LogP contribution in [0.5, 0.6) is 11.5 Å². The van der Waals surface area contributed by atoms with Gasteiger partial charge in [-0.05, 0) is 25.1 Å². The molecule has 0 spiro atoms. The van der Waals surface area contributed by atoms with Gasteiger partial charge >= 0.3 is 11.9 Å². The molecule has 10 atom stereocenters. The van der Waals surface area contributed by atoms with Crippen molar-refractivity contribution in [2.45, 2.75) is 62.0 Å². The molecule has 0 radical (unpaired) electrons. The van der Waals surface area contributed by atoms with Gasteiger partial charge in [0.25, 0.3) is 0 Å². The van der Waals surface area contributed by atoms with Crippen LogP contribution in [-0.2, 0) is 28.5 Å². The molecule has 1 aromatic rings. The van der Waals surface area contributed by atoms with E-state index in [0.717, 1.165) is 13.4 Å². The molecule has 1 saturated heterocycles. The minimum atomic E-state index is -1.74. The maximum atomic E-state index is 13.2. The lowest BCUT2D eigenvalue weighted by Crippen LogP contribution is -2.60. The summed E-state index contributed by atoms with van der Waals surface area (Å²) in [4.78, 5) is 25.8. The first-order valence-corrected chi connectivity index (χ1v) is 12.5. The second-order valence-corrected chi connectivity index (χ2v) is 10.0. The number of aliphatic hydroxyl groups excluding tert-OH is 4. The van der Waals surface area contributed by atoms with Gasteiger partial charge in [-0.1, -0.05) is 0 Å². The molecular weight excluding hydrogens is 536 g/mol. The van der Waals surface area contributed by atoms with Crippen LogP contribution in [0.3, 0.4) is 0 Å². The van der Waals surface area contributed by atoms with Crippen molar-refractivity contribution in [3.05, 3.63) is 35.6 Å². The van der Waals surface area contributed by atoms with Crippen LogP contribution in [0.15, 0.2) is 30.0 Å². The molecule has 2 heterocycles. The fourth-order valence-electron chi connectivity index (χ4n) is 5.46. The van der Waals surface area contributed by atoms with E-state index in [0.29, 0.717) is 11.5 Å². The van der Waals surface area contributed by atoms with Crippen LogP contribution in [0.25, 0.3) is 0 Å². The van der Waals surface area contributed by atoms with E-state index >= 15 is 0 Å². The van der Waals surface area contributed by atoms with Gasteiger partial charge in [0.05, 0.1) is 56.9 Å². The SMILES string of the molecule is COC(=O)C1=COC(OC2OC(CO)C(O)C(O)C2O)C2C1C(OC(=O)c1ccc(OC)c(OC)c1)CC2(C)O. The second-order valence-electron chi connectivity index (χ2n) is 10.0. The van der Waals surface area contributed by atoms with E-state index in [-0.39, 0.29) is 17.6 Å². The summed E-state index contributed by atoms with van der Waals surface area (Å²) in [7, 11) is 4.02. The normalized spacial score (nSPS) is 37.0. The van der Waals surface area contributed by atoms with Gasteiger partial charge < -0.3 is 58.7 Å². The first-order chi connectivity index (χ1) is 19.0. The number of ether oxygens (including phenoxy) is 7. The van der Waals surface area contributed by atoms with Gasteiger partial charge in [-0.25, -0.2) is 9.59 Å². The predicted octanol–water partition coefficient (Wildman–Crippen LogP) is -1.15. The van der Waals surface area contributed by atoms with Crippen LogP contribution in [0, 0.1) is 11.8 Å². The van der Waals surface area contributed by atoms with E-state index in [2.05, 4.69) is 0 Å². The Morgan fingerprint density at radius 3 is 2.33 bits per heavy atom. The third-order valence-corrected chi connectivity index (χ3v) is 7.52. The molecule has 2 aliphatic heterocycles. The Bertz CT molecular complexity index is 1120. The van der Waals surface area contributed by atoms with Gasteiger partial charge in [0, 0.05) is 12.3 Å². The highest BCUT2D eigenvalue weighted by atomic mass is 16.8. The molecule has 0 aromatic heterocycles. The molecule has 0 bridgehead atoms. The topological polar surface area (TPSA) is 200 Å². The van der Waals surface area contributed by atoms with Crippen LogP contribution in [0.4, 0.5) is 0 Å². The minimum absolute atomic E-state index is 0.0240. The van der Waals surface area contributed by atoms with Crippen LogP contribution >= 0.6 is 0 Å². The molecule has 40 heavy (non-hydrogen) atoms. The number of benzene rings is 1. The highest BCUT2D eigenvalue weighted by Gasteiger charge is 2.61. The fourth-order valence-corrected chi connectivity index (χ4v) is 5.46. The second kappa shape index (κ2) is 11.9. The van der Waals surface area contributed by atoms with Crippen molar-refractivity contribution in [1.82, 2.24) is 0 Å².